The largest absolute Gasteiger partial charge is 0.497 e. The number of carbonyl (C=O) groups excluding carboxylic acids is 2. The van der Waals surface area contributed by atoms with Gasteiger partial charge >= 0.3 is 0 Å². The highest BCUT2D eigenvalue weighted by Crippen LogP contribution is 2.28. The summed E-state index contributed by atoms with van der Waals surface area (Å²) in [6.07, 6.45) is 1.33. The Labute approximate surface area is 162 Å². The van der Waals surface area contributed by atoms with E-state index < -0.39 is 0 Å². The van der Waals surface area contributed by atoms with Crippen LogP contribution in [0.2, 0.25) is 0 Å². The van der Waals surface area contributed by atoms with Gasteiger partial charge in [-0.05, 0) is 12.1 Å². The van der Waals surface area contributed by atoms with Gasteiger partial charge in [-0.15, -0.1) is 11.3 Å². The fourth-order valence-corrected chi connectivity index (χ4v) is 4.11. The Morgan fingerprint density at radius 1 is 1.15 bits per heavy atom. The molecule has 1 aromatic carbocycles. The van der Waals surface area contributed by atoms with Crippen LogP contribution in [0.3, 0.4) is 0 Å². The smallest absolute Gasteiger partial charge is 0.282 e. The van der Waals surface area contributed by atoms with Gasteiger partial charge in [0.2, 0.25) is 0 Å². The molecule has 0 fully saturated rings. The summed E-state index contributed by atoms with van der Waals surface area (Å²) < 4.78 is 10.6. The molecule has 7 nitrogen and oxygen atoms in total. The van der Waals surface area contributed by atoms with Gasteiger partial charge in [0.1, 0.15) is 11.5 Å². The average Bonchev–Trinajstić information content (AvgIpc) is 2.99. The van der Waals surface area contributed by atoms with E-state index in [0.29, 0.717) is 48.0 Å². The van der Waals surface area contributed by atoms with Crippen LogP contribution in [0, 0.1) is 0 Å². The first-order valence-electron chi connectivity index (χ1n) is 8.66. The molecule has 1 aliphatic rings. The summed E-state index contributed by atoms with van der Waals surface area (Å²) in [4.78, 5) is 34.0. The minimum Gasteiger partial charge on any atom is -0.497 e. The number of carbonyl (C=O) groups is 2. The third-order valence-corrected chi connectivity index (χ3v) is 5.67. The molecule has 0 N–H and O–H groups in total. The maximum Gasteiger partial charge on any atom is 0.282 e. The minimum absolute atomic E-state index is 0.0748. The van der Waals surface area contributed by atoms with Crippen molar-refractivity contribution >= 4 is 23.2 Å². The second kappa shape index (κ2) is 7.96. The summed E-state index contributed by atoms with van der Waals surface area (Å²) in [5, 5.41) is 0.515. The van der Waals surface area contributed by atoms with Crippen molar-refractivity contribution in [2.24, 2.45) is 0 Å². The van der Waals surface area contributed by atoms with Crippen molar-refractivity contribution in [1.29, 1.82) is 0 Å². The zero-order valence-electron chi connectivity index (χ0n) is 15.9. The molecule has 3 rings (SSSR count). The number of amides is 2. The maximum atomic E-state index is 13.0. The maximum absolute atomic E-state index is 13.0. The molecule has 0 aliphatic carbocycles. The first-order valence-corrected chi connectivity index (χ1v) is 9.47. The van der Waals surface area contributed by atoms with Gasteiger partial charge in [0.15, 0.2) is 5.01 Å². The number of aromatic nitrogens is 1. The molecule has 0 unspecified atom stereocenters. The number of fused-ring (bicyclic) bond motifs is 1. The van der Waals surface area contributed by atoms with Gasteiger partial charge in [-0.2, -0.15) is 0 Å². The SMILES string of the molecule is COc1ccc(C(=O)N2CCc3nc(C(=O)N(C)C)sc3CC2)c(OC)c1. The minimum atomic E-state index is -0.0797. The molecule has 2 aromatic rings. The third kappa shape index (κ3) is 3.90. The average molecular weight is 389 g/mol. The normalized spacial score (nSPS) is 13.6. The number of thiazole rings is 1. The third-order valence-electron chi connectivity index (χ3n) is 4.52. The fraction of sp³-hybridized carbons (Fsp3) is 0.421. The van der Waals surface area contributed by atoms with E-state index in [1.165, 1.54) is 16.2 Å². The molecule has 0 bridgehead atoms. The highest BCUT2D eigenvalue weighted by Gasteiger charge is 2.26. The van der Waals surface area contributed by atoms with Crippen LogP contribution < -0.4 is 9.47 Å². The van der Waals surface area contributed by atoms with Crippen LogP contribution in [-0.4, -0.2) is 68.0 Å². The lowest BCUT2D eigenvalue weighted by molar-refractivity contribution is 0.0758. The van der Waals surface area contributed by atoms with Crippen molar-refractivity contribution in [3.8, 4) is 11.5 Å². The number of methoxy groups -OCH3 is 2. The summed E-state index contributed by atoms with van der Waals surface area (Å²) in [5.74, 6) is 0.984. The molecular weight excluding hydrogens is 366 g/mol. The molecule has 0 saturated carbocycles. The van der Waals surface area contributed by atoms with E-state index in [-0.39, 0.29) is 11.8 Å². The van der Waals surface area contributed by atoms with E-state index in [2.05, 4.69) is 4.98 Å². The van der Waals surface area contributed by atoms with Gasteiger partial charge in [0, 0.05) is 51.0 Å². The van der Waals surface area contributed by atoms with Gasteiger partial charge in [0.25, 0.3) is 11.8 Å². The summed E-state index contributed by atoms with van der Waals surface area (Å²) >= 11 is 1.43. The standard InChI is InChI=1S/C19H23N3O4S/c1-21(2)19(24)17-20-14-7-9-22(10-8-16(14)27-17)18(23)13-6-5-12(25-3)11-15(13)26-4/h5-6,11H,7-10H2,1-4H3. The van der Waals surface area contributed by atoms with E-state index in [0.717, 1.165) is 10.6 Å². The monoisotopic (exact) mass is 389 g/mol. The van der Waals surface area contributed by atoms with Gasteiger partial charge in [-0.1, -0.05) is 0 Å². The van der Waals surface area contributed by atoms with Crippen molar-refractivity contribution in [3.05, 3.63) is 39.3 Å². The number of ether oxygens (including phenoxy) is 2. The summed E-state index contributed by atoms with van der Waals surface area (Å²) in [5.41, 5.74) is 1.43. The van der Waals surface area contributed by atoms with Crippen LogP contribution in [0.4, 0.5) is 0 Å². The number of hydrogen-bond donors (Lipinski definition) is 0. The van der Waals surface area contributed by atoms with Gasteiger partial charge < -0.3 is 19.3 Å². The van der Waals surface area contributed by atoms with Crippen LogP contribution >= 0.6 is 11.3 Å². The van der Waals surface area contributed by atoms with Crippen LogP contribution in [0.15, 0.2) is 18.2 Å². The first-order chi connectivity index (χ1) is 12.9. The Hall–Kier alpha value is -2.61. The molecule has 1 aliphatic heterocycles. The molecule has 0 saturated heterocycles. The molecule has 2 heterocycles. The van der Waals surface area contributed by atoms with Gasteiger partial charge in [-0.3, -0.25) is 9.59 Å². The van der Waals surface area contributed by atoms with Gasteiger partial charge in [0.05, 0.1) is 25.5 Å². The van der Waals surface area contributed by atoms with E-state index in [9.17, 15) is 9.59 Å². The number of rotatable bonds is 4. The van der Waals surface area contributed by atoms with Gasteiger partial charge in [-0.25, -0.2) is 4.98 Å². The Morgan fingerprint density at radius 2 is 1.89 bits per heavy atom. The molecular formula is C19H23N3O4S. The first kappa shape index (κ1) is 19.2. The van der Waals surface area contributed by atoms with Crippen molar-refractivity contribution in [1.82, 2.24) is 14.8 Å². The van der Waals surface area contributed by atoms with Crippen LogP contribution in [0.1, 0.15) is 30.7 Å². The molecule has 8 heteroatoms. The fourth-order valence-electron chi connectivity index (χ4n) is 2.99. The lowest BCUT2D eigenvalue weighted by Crippen LogP contribution is -2.33. The Morgan fingerprint density at radius 3 is 2.56 bits per heavy atom. The quantitative estimate of drug-likeness (QED) is 0.801. The highest BCUT2D eigenvalue weighted by molar-refractivity contribution is 7.13. The Balaban J connectivity index is 1.76. The molecule has 2 amide bonds. The predicted octanol–water partition coefficient (Wildman–Crippen LogP) is 2.10. The Kier molecular flexibility index (Phi) is 5.65. The molecule has 0 spiro atoms. The second-order valence-electron chi connectivity index (χ2n) is 6.45. The summed E-state index contributed by atoms with van der Waals surface area (Å²) in [6, 6.07) is 5.19. The topological polar surface area (TPSA) is 72.0 Å². The number of hydrogen-bond acceptors (Lipinski definition) is 6. The summed E-state index contributed by atoms with van der Waals surface area (Å²) in [7, 11) is 6.56. The van der Waals surface area contributed by atoms with Crippen molar-refractivity contribution < 1.29 is 19.1 Å². The van der Waals surface area contributed by atoms with Crippen LogP contribution in [-0.2, 0) is 12.8 Å². The van der Waals surface area contributed by atoms with E-state index >= 15 is 0 Å². The van der Waals surface area contributed by atoms with Crippen molar-refractivity contribution in [3.63, 3.8) is 0 Å². The van der Waals surface area contributed by atoms with Crippen molar-refractivity contribution in [2.75, 3.05) is 41.4 Å². The molecule has 144 valence electrons. The number of nitrogens with zero attached hydrogens (tertiary/aromatic N) is 3. The molecule has 0 radical (unpaired) electrons. The van der Waals surface area contributed by atoms with Crippen LogP contribution in [0.5, 0.6) is 11.5 Å². The zero-order chi connectivity index (χ0) is 19.6. The lowest BCUT2D eigenvalue weighted by atomic mass is 10.1. The molecule has 27 heavy (non-hydrogen) atoms. The summed E-state index contributed by atoms with van der Waals surface area (Å²) in [6.45, 7) is 1.14. The number of benzene rings is 1. The predicted molar refractivity (Wildman–Crippen MR) is 103 cm³/mol. The van der Waals surface area contributed by atoms with Crippen molar-refractivity contribution in [2.45, 2.75) is 12.8 Å². The zero-order valence-corrected chi connectivity index (χ0v) is 16.8. The lowest BCUT2D eigenvalue weighted by Gasteiger charge is -2.21. The van der Waals surface area contributed by atoms with Crippen LogP contribution in [0.25, 0.3) is 0 Å². The molecule has 1 aromatic heterocycles. The van der Waals surface area contributed by atoms with E-state index in [1.807, 2.05) is 4.90 Å². The second-order valence-corrected chi connectivity index (χ2v) is 7.53. The van der Waals surface area contributed by atoms with E-state index in [4.69, 9.17) is 9.47 Å². The molecule has 0 atom stereocenters. The Bertz CT molecular complexity index is 837. The highest BCUT2D eigenvalue weighted by atomic mass is 32.1. The van der Waals surface area contributed by atoms with E-state index in [1.54, 1.807) is 46.5 Å².